The third-order valence-electron chi connectivity index (χ3n) is 6.94. The zero-order valence-electron chi connectivity index (χ0n) is 21.9. The molecule has 2 aromatic heterocycles. The lowest BCUT2D eigenvalue weighted by molar-refractivity contribution is 0.151. The number of aromatic amines is 1. The average Bonchev–Trinajstić information content (AvgIpc) is 3.22. The molecule has 11 nitrogen and oxygen atoms in total. The minimum Gasteiger partial charge on any atom is -0.493 e. The van der Waals surface area contributed by atoms with Gasteiger partial charge in [0.25, 0.3) is 5.56 Å². The van der Waals surface area contributed by atoms with E-state index in [0.717, 1.165) is 12.8 Å². The van der Waals surface area contributed by atoms with Crippen molar-refractivity contribution in [3.8, 4) is 17.1 Å². The Hall–Kier alpha value is -2.80. The van der Waals surface area contributed by atoms with Crippen LogP contribution in [0.5, 0.6) is 5.75 Å². The van der Waals surface area contributed by atoms with E-state index in [1.165, 1.54) is 16.4 Å². The van der Waals surface area contributed by atoms with Crippen LogP contribution in [0.1, 0.15) is 51.0 Å². The number of fused-ring (bicyclic) bond motifs is 1. The van der Waals surface area contributed by atoms with Crippen LogP contribution in [0.3, 0.4) is 0 Å². The van der Waals surface area contributed by atoms with Gasteiger partial charge in [0.05, 0.1) is 29.4 Å². The zero-order chi connectivity index (χ0) is 26.7. The highest BCUT2D eigenvalue weighted by Gasteiger charge is 2.30. The number of sulfonamides is 1. The molecule has 1 aliphatic heterocycles. The molecule has 1 aromatic carbocycles. The molecule has 0 spiro atoms. The Morgan fingerprint density at radius 1 is 1.14 bits per heavy atom. The van der Waals surface area contributed by atoms with Crippen LogP contribution >= 0.6 is 0 Å². The molecule has 0 saturated carbocycles. The van der Waals surface area contributed by atoms with Crippen molar-refractivity contribution in [1.29, 1.82) is 0 Å². The van der Waals surface area contributed by atoms with Crippen molar-refractivity contribution in [2.45, 2.75) is 51.3 Å². The molecule has 0 radical (unpaired) electrons. The lowest BCUT2D eigenvalue weighted by Gasteiger charge is -2.33. The molecule has 2 N–H and O–H groups in total. The molecule has 0 unspecified atom stereocenters. The molecule has 4 rings (SSSR count). The van der Waals surface area contributed by atoms with Gasteiger partial charge in [-0.05, 0) is 44.9 Å². The van der Waals surface area contributed by atoms with E-state index in [0.29, 0.717) is 67.7 Å². The number of aliphatic hydroxyl groups is 1. The van der Waals surface area contributed by atoms with Crippen LogP contribution in [0, 0.1) is 6.92 Å². The van der Waals surface area contributed by atoms with Gasteiger partial charge >= 0.3 is 0 Å². The number of benzene rings is 1. The van der Waals surface area contributed by atoms with Gasteiger partial charge in [-0.2, -0.15) is 4.31 Å². The third-order valence-corrected chi connectivity index (χ3v) is 8.84. The summed E-state index contributed by atoms with van der Waals surface area (Å²) in [7, 11) is -3.79. The summed E-state index contributed by atoms with van der Waals surface area (Å²) in [6, 6.07) is 4.65. The molecule has 12 heteroatoms. The highest BCUT2D eigenvalue weighted by molar-refractivity contribution is 7.89. The first kappa shape index (κ1) is 27.2. The number of imidazole rings is 1. The van der Waals surface area contributed by atoms with Crippen molar-refractivity contribution in [3.05, 3.63) is 40.1 Å². The highest BCUT2D eigenvalue weighted by atomic mass is 32.2. The molecule has 0 atom stereocenters. The molecule has 1 fully saturated rings. The van der Waals surface area contributed by atoms with Crippen LogP contribution in [0.15, 0.2) is 27.9 Å². The van der Waals surface area contributed by atoms with Crippen molar-refractivity contribution in [3.63, 3.8) is 0 Å². The summed E-state index contributed by atoms with van der Waals surface area (Å²) >= 11 is 0. The van der Waals surface area contributed by atoms with Crippen LogP contribution in [0.2, 0.25) is 0 Å². The van der Waals surface area contributed by atoms with E-state index in [2.05, 4.69) is 23.8 Å². The summed E-state index contributed by atoms with van der Waals surface area (Å²) in [6.07, 6.45) is 1.70. The Labute approximate surface area is 217 Å². The van der Waals surface area contributed by atoms with Gasteiger partial charge in [-0.3, -0.25) is 9.69 Å². The Balaban J connectivity index is 1.80. The number of aliphatic hydroxyl groups excluding tert-OH is 1. The quantitative estimate of drug-likeness (QED) is 0.405. The Morgan fingerprint density at radius 3 is 2.46 bits per heavy atom. The largest absolute Gasteiger partial charge is 0.493 e. The van der Waals surface area contributed by atoms with Crippen molar-refractivity contribution in [2.24, 2.45) is 0 Å². The van der Waals surface area contributed by atoms with Crippen LogP contribution in [0.4, 0.5) is 0 Å². The fourth-order valence-corrected chi connectivity index (χ4v) is 6.30. The number of hydrogen-bond acceptors (Lipinski definition) is 8. The maximum Gasteiger partial charge on any atom is 0.277 e. The summed E-state index contributed by atoms with van der Waals surface area (Å²) in [5.74, 6) is 1.49. The third kappa shape index (κ3) is 5.28. The van der Waals surface area contributed by atoms with E-state index in [4.69, 9.17) is 9.84 Å². The monoisotopic (exact) mass is 532 g/mol. The SMILES string of the molecule is CCOc1ccc(S(=O)(=O)N2CCN(CCO)CC2)cc1-c1nn2c(C(CC)CC)nc(C)c2c(=O)[nH]1. The van der Waals surface area contributed by atoms with E-state index < -0.39 is 10.0 Å². The Bertz CT molecular complexity index is 1400. The molecule has 1 saturated heterocycles. The van der Waals surface area contributed by atoms with Gasteiger partial charge in [0, 0.05) is 38.6 Å². The number of rotatable bonds is 10. The second kappa shape index (κ2) is 11.3. The summed E-state index contributed by atoms with van der Waals surface area (Å²) in [6.45, 7) is 10.5. The minimum absolute atomic E-state index is 0.0416. The van der Waals surface area contributed by atoms with E-state index in [-0.39, 0.29) is 28.8 Å². The van der Waals surface area contributed by atoms with Gasteiger partial charge in [0.15, 0.2) is 11.3 Å². The highest BCUT2D eigenvalue weighted by Crippen LogP contribution is 2.32. The Morgan fingerprint density at radius 2 is 1.84 bits per heavy atom. The maximum absolute atomic E-state index is 13.5. The molecule has 0 bridgehead atoms. The first-order valence-corrected chi connectivity index (χ1v) is 14.3. The number of nitrogens with one attached hydrogen (secondary N) is 1. The van der Waals surface area contributed by atoms with Crippen molar-refractivity contribution < 1.29 is 18.3 Å². The molecule has 37 heavy (non-hydrogen) atoms. The fraction of sp³-hybridized carbons (Fsp3) is 0.560. The molecule has 1 aliphatic rings. The van der Waals surface area contributed by atoms with Gasteiger partial charge in [-0.15, -0.1) is 5.10 Å². The molecule has 0 amide bonds. The van der Waals surface area contributed by atoms with Crippen molar-refractivity contribution in [1.82, 2.24) is 28.8 Å². The number of piperazine rings is 1. The number of β-amino-alcohol motifs (C(OH)–C–C–N with tert-alkyl or cyclic N) is 1. The van der Waals surface area contributed by atoms with Crippen LogP contribution in [-0.2, 0) is 10.0 Å². The van der Waals surface area contributed by atoms with Gasteiger partial charge in [0.1, 0.15) is 11.6 Å². The van der Waals surface area contributed by atoms with Crippen LogP contribution < -0.4 is 10.3 Å². The summed E-state index contributed by atoms with van der Waals surface area (Å²) in [5, 5.41) is 13.9. The maximum atomic E-state index is 13.5. The zero-order valence-corrected chi connectivity index (χ0v) is 22.7. The lowest BCUT2D eigenvalue weighted by atomic mass is 10.0. The van der Waals surface area contributed by atoms with Crippen molar-refractivity contribution >= 4 is 15.5 Å². The van der Waals surface area contributed by atoms with E-state index in [1.807, 2.05) is 11.8 Å². The second-order valence-electron chi connectivity index (χ2n) is 9.19. The molecular formula is C25H36N6O5S. The predicted molar refractivity (Wildman–Crippen MR) is 141 cm³/mol. The van der Waals surface area contributed by atoms with Gasteiger partial charge < -0.3 is 14.8 Å². The summed E-state index contributed by atoms with van der Waals surface area (Å²) in [5.41, 5.74) is 1.03. The molecular weight excluding hydrogens is 496 g/mol. The van der Waals surface area contributed by atoms with Crippen LogP contribution in [0.25, 0.3) is 16.9 Å². The smallest absolute Gasteiger partial charge is 0.277 e. The first-order chi connectivity index (χ1) is 17.7. The van der Waals surface area contributed by atoms with Crippen LogP contribution in [-0.4, -0.2) is 88.2 Å². The first-order valence-electron chi connectivity index (χ1n) is 12.8. The molecule has 202 valence electrons. The number of ether oxygens (including phenoxy) is 1. The van der Waals surface area contributed by atoms with Gasteiger partial charge in [-0.25, -0.2) is 17.9 Å². The fourth-order valence-electron chi connectivity index (χ4n) is 4.85. The molecule has 0 aliphatic carbocycles. The second-order valence-corrected chi connectivity index (χ2v) is 11.1. The standard InChI is InChI=1S/C25H36N6O5S/c1-5-18(6-2)24-26-17(4)22-25(33)27-23(28-31(22)24)20-16-19(8-9-21(20)36-7-3)37(34,35)30-12-10-29(11-13-30)14-15-32/h8-9,16,18,32H,5-7,10-15H2,1-4H3,(H,27,28,33). The van der Waals surface area contributed by atoms with E-state index in [9.17, 15) is 18.3 Å². The Kier molecular flexibility index (Phi) is 8.32. The van der Waals surface area contributed by atoms with E-state index >= 15 is 0 Å². The van der Waals surface area contributed by atoms with Gasteiger partial charge in [-0.1, -0.05) is 13.8 Å². The minimum atomic E-state index is -3.79. The number of nitrogens with zero attached hydrogens (tertiary/aromatic N) is 5. The predicted octanol–water partition coefficient (Wildman–Crippen LogP) is 1.99. The van der Waals surface area contributed by atoms with E-state index in [1.54, 1.807) is 17.5 Å². The van der Waals surface area contributed by atoms with Crippen molar-refractivity contribution in [2.75, 3.05) is 45.9 Å². The number of aromatic nitrogens is 4. The molecule has 3 aromatic rings. The summed E-state index contributed by atoms with van der Waals surface area (Å²) in [4.78, 5) is 22.8. The number of H-pyrrole nitrogens is 1. The molecule has 3 heterocycles. The number of aryl methyl sites for hydroxylation is 1. The average molecular weight is 533 g/mol. The topological polar surface area (TPSA) is 133 Å². The van der Waals surface area contributed by atoms with Gasteiger partial charge in [0.2, 0.25) is 10.0 Å². The summed E-state index contributed by atoms with van der Waals surface area (Å²) < 4.78 is 35.9. The number of hydrogen-bond donors (Lipinski definition) is 2. The lowest BCUT2D eigenvalue weighted by Crippen LogP contribution is -2.49. The normalized spacial score (nSPS) is 15.6.